The van der Waals surface area contributed by atoms with Crippen molar-refractivity contribution in [2.24, 2.45) is 7.05 Å². The summed E-state index contributed by atoms with van der Waals surface area (Å²) in [6, 6.07) is 16.3. The Hall–Kier alpha value is -3.38. The zero-order valence-corrected chi connectivity index (χ0v) is 18.7. The molecule has 5 aromatic rings. The monoisotopic (exact) mass is 430 g/mol. The Morgan fingerprint density at radius 2 is 1.71 bits per heavy atom. The highest BCUT2D eigenvalue weighted by atomic mass is 35.5. The first kappa shape index (κ1) is 19.6. The fourth-order valence-electron chi connectivity index (χ4n) is 4.10. The van der Waals surface area contributed by atoms with Crippen molar-refractivity contribution in [3.8, 4) is 11.3 Å². The Kier molecular flexibility index (Phi) is 4.67. The summed E-state index contributed by atoms with van der Waals surface area (Å²) >= 11 is 6.01. The van der Waals surface area contributed by atoms with E-state index in [0.29, 0.717) is 6.54 Å². The Balaban J connectivity index is 1.59. The van der Waals surface area contributed by atoms with Crippen LogP contribution in [0.5, 0.6) is 0 Å². The van der Waals surface area contributed by atoms with Crippen LogP contribution in [0.4, 0.5) is 5.69 Å². The Labute approximate surface area is 185 Å². The van der Waals surface area contributed by atoms with Crippen molar-refractivity contribution in [3.63, 3.8) is 0 Å². The number of nitrogens with zero attached hydrogens (tertiary/aromatic N) is 5. The van der Waals surface area contributed by atoms with Gasteiger partial charge in [0, 0.05) is 29.6 Å². The molecule has 3 heterocycles. The molecule has 0 aliphatic carbocycles. The highest BCUT2D eigenvalue weighted by Crippen LogP contribution is 2.31. The van der Waals surface area contributed by atoms with Crippen molar-refractivity contribution in [2.75, 3.05) is 5.32 Å². The Morgan fingerprint density at radius 3 is 2.48 bits per heavy atom. The van der Waals surface area contributed by atoms with E-state index in [9.17, 15) is 0 Å². The molecule has 0 saturated heterocycles. The zero-order chi connectivity index (χ0) is 21.7. The van der Waals surface area contributed by atoms with E-state index in [-0.39, 0.29) is 0 Å². The number of aryl methyl sites for hydroxylation is 4. The minimum Gasteiger partial charge on any atom is -0.378 e. The third kappa shape index (κ3) is 3.43. The maximum atomic E-state index is 6.01. The van der Waals surface area contributed by atoms with Gasteiger partial charge in [0.05, 0.1) is 34.0 Å². The molecule has 2 aromatic carbocycles. The van der Waals surface area contributed by atoms with Crippen LogP contribution in [0.15, 0.2) is 48.5 Å². The maximum Gasteiger partial charge on any atom is 0.177 e. The second-order valence-corrected chi connectivity index (χ2v) is 8.34. The van der Waals surface area contributed by atoms with E-state index in [4.69, 9.17) is 21.7 Å². The molecule has 156 valence electrons. The van der Waals surface area contributed by atoms with E-state index in [2.05, 4.69) is 28.6 Å². The molecule has 0 spiro atoms. The summed E-state index contributed by atoms with van der Waals surface area (Å²) in [4.78, 5) is 4.86. The molecular formula is C24H23ClN6. The van der Waals surface area contributed by atoms with Crippen molar-refractivity contribution < 1.29 is 0 Å². The normalized spacial score (nSPS) is 11.5. The van der Waals surface area contributed by atoms with Gasteiger partial charge in [-0.3, -0.25) is 4.68 Å². The van der Waals surface area contributed by atoms with E-state index in [0.717, 1.165) is 61.2 Å². The maximum absolute atomic E-state index is 6.01. The third-order valence-electron chi connectivity index (χ3n) is 5.59. The average Bonchev–Trinajstić information content (AvgIpc) is 3.22. The number of hydrogen-bond acceptors (Lipinski definition) is 4. The van der Waals surface area contributed by atoms with Crippen LogP contribution in [0.25, 0.3) is 27.8 Å². The number of anilines is 1. The third-order valence-corrected chi connectivity index (χ3v) is 5.84. The van der Waals surface area contributed by atoms with E-state index in [1.54, 1.807) is 0 Å². The second-order valence-electron chi connectivity index (χ2n) is 7.90. The number of hydrogen-bond donors (Lipinski definition) is 1. The first-order chi connectivity index (χ1) is 14.9. The van der Waals surface area contributed by atoms with Gasteiger partial charge in [-0.15, -0.1) is 0 Å². The van der Waals surface area contributed by atoms with Gasteiger partial charge in [0.2, 0.25) is 0 Å². The lowest BCUT2D eigenvalue weighted by Gasteiger charge is -2.10. The van der Waals surface area contributed by atoms with Crippen LogP contribution in [-0.4, -0.2) is 24.4 Å². The largest absolute Gasteiger partial charge is 0.378 e. The standard InChI is InChI=1S/C24H23ClN6/c1-14-11-21(26-13-17-5-8-19(25)9-6-17)24-27-16(3)23(31(24)28-14)18-7-10-22-20(12-18)15(2)29-30(22)4/h5-12,26H,13H2,1-4H3. The van der Waals surface area contributed by atoms with E-state index < -0.39 is 0 Å². The first-order valence-corrected chi connectivity index (χ1v) is 10.6. The highest BCUT2D eigenvalue weighted by molar-refractivity contribution is 6.30. The van der Waals surface area contributed by atoms with Crippen LogP contribution in [0.1, 0.15) is 22.6 Å². The lowest BCUT2D eigenvalue weighted by Crippen LogP contribution is -2.05. The molecule has 0 aliphatic rings. The van der Waals surface area contributed by atoms with Crippen molar-refractivity contribution in [1.29, 1.82) is 0 Å². The Bertz CT molecular complexity index is 1430. The fraction of sp³-hybridized carbons (Fsp3) is 0.208. The smallest absolute Gasteiger partial charge is 0.177 e. The summed E-state index contributed by atoms with van der Waals surface area (Å²) in [6.45, 7) is 6.75. The van der Waals surface area contributed by atoms with Crippen LogP contribution in [0.3, 0.4) is 0 Å². The molecule has 0 fully saturated rings. The van der Waals surface area contributed by atoms with Crippen molar-refractivity contribution in [2.45, 2.75) is 27.3 Å². The van der Waals surface area contributed by atoms with Gasteiger partial charge in [-0.2, -0.15) is 10.2 Å². The van der Waals surface area contributed by atoms with Crippen molar-refractivity contribution in [1.82, 2.24) is 24.4 Å². The summed E-state index contributed by atoms with van der Waals surface area (Å²) in [7, 11) is 1.97. The zero-order valence-electron chi connectivity index (χ0n) is 17.9. The van der Waals surface area contributed by atoms with Gasteiger partial charge in [0.15, 0.2) is 5.65 Å². The predicted molar refractivity (Wildman–Crippen MR) is 126 cm³/mol. The van der Waals surface area contributed by atoms with Gasteiger partial charge in [0.25, 0.3) is 0 Å². The molecule has 31 heavy (non-hydrogen) atoms. The summed E-state index contributed by atoms with van der Waals surface area (Å²) in [6.07, 6.45) is 0. The highest BCUT2D eigenvalue weighted by Gasteiger charge is 2.17. The molecular weight excluding hydrogens is 408 g/mol. The van der Waals surface area contributed by atoms with Crippen LogP contribution >= 0.6 is 11.6 Å². The average molecular weight is 431 g/mol. The van der Waals surface area contributed by atoms with Gasteiger partial charge in [-0.05, 0) is 56.7 Å². The summed E-state index contributed by atoms with van der Waals surface area (Å²) in [5, 5.41) is 14.7. The van der Waals surface area contributed by atoms with Crippen molar-refractivity contribution in [3.05, 3.63) is 76.2 Å². The second kappa shape index (κ2) is 7.39. The number of aromatic nitrogens is 5. The lowest BCUT2D eigenvalue weighted by molar-refractivity contribution is 0.783. The molecule has 6 nitrogen and oxygen atoms in total. The number of imidazole rings is 1. The van der Waals surface area contributed by atoms with Crippen LogP contribution < -0.4 is 5.32 Å². The number of rotatable bonds is 4. The topological polar surface area (TPSA) is 60.0 Å². The molecule has 5 rings (SSSR count). The van der Waals surface area contributed by atoms with E-state index >= 15 is 0 Å². The van der Waals surface area contributed by atoms with Gasteiger partial charge < -0.3 is 5.32 Å². The Morgan fingerprint density at radius 1 is 0.935 bits per heavy atom. The fourth-order valence-corrected chi connectivity index (χ4v) is 4.22. The molecule has 0 radical (unpaired) electrons. The van der Waals surface area contributed by atoms with Gasteiger partial charge in [-0.1, -0.05) is 29.8 Å². The minimum absolute atomic E-state index is 0.679. The molecule has 0 amide bonds. The molecule has 7 heteroatoms. The predicted octanol–water partition coefficient (Wildman–Crippen LogP) is 5.47. The van der Waals surface area contributed by atoms with E-state index in [1.165, 1.54) is 0 Å². The van der Waals surface area contributed by atoms with Gasteiger partial charge in [-0.25, -0.2) is 9.50 Å². The molecule has 1 N–H and O–H groups in total. The summed E-state index contributed by atoms with van der Waals surface area (Å²) < 4.78 is 3.86. The molecule has 3 aromatic heterocycles. The number of halogens is 1. The van der Waals surface area contributed by atoms with Crippen LogP contribution in [-0.2, 0) is 13.6 Å². The SMILES string of the molecule is Cc1cc(NCc2ccc(Cl)cc2)c2nc(C)c(-c3ccc4c(c3)c(C)nn4C)n2n1. The first-order valence-electron chi connectivity index (χ1n) is 10.2. The number of benzene rings is 2. The lowest BCUT2D eigenvalue weighted by atomic mass is 10.1. The summed E-state index contributed by atoms with van der Waals surface area (Å²) in [5.41, 5.74) is 8.98. The summed E-state index contributed by atoms with van der Waals surface area (Å²) in [5.74, 6) is 0. The molecule has 0 bridgehead atoms. The van der Waals surface area contributed by atoms with Crippen LogP contribution in [0.2, 0.25) is 5.02 Å². The van der Waals surface area contributed by atoms with Crippen LogP contribution in [0, 0.1) is 20.8 Å². The number of fused-ring (bicyclic) bond motifs is 2. The van der Waals surface area contributed by atoms with Gasteiger partial charge in [0.1, 0.15) is 0 Å². The number of nitrogens with one attached hydrogen (secondary N) is 1. The minimum atomic E-state index is 0.679. The molecule has 0 atom stereocenters. The quantitative estimate of drug-likeness (QED) is 0.410. The molecule has 0 saturated carbocycles. The van der Waals surface area contributed by atoms with E-state index in [1.807, 2.05) is 67.3 Å². The van der Waals surface area contributed by atoms with Crippen molar-refractivity contribution >= 4 is 33.8 Å². The molecule has 0 aliphatic heterocycles. The molecule has 0 unspecified atom stereocenters. The van der Waals surface area contributed by atoms with Gasteiger partial charge >= 0.3 is 0 Å².